The molecule has 3 aliphatic heterocycles. The van der Waals surface area contributed by atoms with Crippen LogP contribution in [-0.4, -0.2) is 82.4 Å². The first kappa shape index (κ1) is 17.3. The van der Waals surface area contributed by atoms with Crippen LogP contribution < -0.4 is 5.73 Å². The van der Waals surface area contributed by atoms with Crippen molar-refractivity contribution in [3.8, 4) is 0 Å². The summed E-state index contributed by atoms with van der Waals surface area (Å²) >= 11 is 2.67. The Hall–Kier alpha value is -1.55. The molecule has 132 valence electrons. The number of rotatable bonds is 3. The molecule has 3 fully saturated rings. The van der Waals surface area contributed by atoms with Gasteiger partial charge in [-0.2, -0.15) is 0 Å². The zero-order valence-electron chi connectivity index (χ0n) is 13.8. The molecule has 2 atom stereocenters. The number of nitrogens with zero attached hydrogens (tertiary/aromatic N) is 5. The zero-order chi connectivity index (χ0) is 17.3. The summed E-state index contributed by atoms with van der Waals surface area (Å²) in [5.74, 6) is 0.792. The quantitative estimate of drug-likeness (QED) is 0.792. The van der Waals surface area contributed by atoms with E-state index >= 15 is 0 Å². The van der Waals surface area contributed by atoms with Gasteiger partial charge in [-0.3, -0.25) is 4.79 Å². The van der Waals surface area contributed by atoms with Crippen LogP contribution in [0.3, 0.4) is 0 Å². The number of piperidine rings is 1. The van der Waals surface area contributed by atoms with E-state index < -0.39 is 0 Å². The smallest absolute Gasteiger partial charge is 0.319 e. The molecule has 24 heavy (non-hydrogen) atoms. The second-order valence-electron chi connectivity index (χ2n) is 6.42. The largest absolute Gasteiger partial charge is 0.374 e. The van der Waals surface area contributed by atoms with Crippen molar-refractivity contribution in [2.45, 2.75) is 23.2 Å². The molecule has 3 amide bonds. The number of fused-ring (bicyclic) bond motifs is 4. The molecule has 0 spiro atoms. The van der Waals surface area contributed by atoms with Crippen LogP contribution in [0, 0.1) is 5.92 Å². The summed E-state index contributed by atoms with van der Waals surface area (Å²) in [6, 6.07) is 0.139. The molecule has 0 aromatic carbocycles. The number of carbonyl (C=O) groups is 2. The Balaban J connectivity index is 1.62. The van der Waals surface area contributed by atoms with Crippen LogP contribution in [0.4, 0.5) is 9.93 Å². The van der Waals surface area contributed by atoms with E-state index in [0.717, 1.165) is 25.9 Å². The Kier molecular flexibility index (Phi) is 5.14. The third-order valence-corrected chi connectivity index (χ3v) is 6.30. The molecule has 0 saturated carbocycles. The molecule has 4 rings (SSSR count). The first-order valence-electron chi connectivity index (χ1n) is 7.91. The normalized spacial score (nSPS) is 23.2. The van der Waals surface area contributed by atoms with Gasteiger partial charge in [0.25, 0.3) is 0 Å². The van der Waals surface area contributed by atoms with Crippen molar-refractivity contribution in [3.63, 3.8) is 0 Å². The molecule has 3 aliphatic rings. The Morgan fingerprint density at radius 2 is 2.08 bits per heavy atom. The molecule has 2 N–H and O–H groups in total. The fourth-order valence-corrected chi connectivity index (χ4v) is 4.83. The van der Waals surface area contributed by atoms with Crippen LogP contribution in [0.15, 0.2) is 4.34 Å². The van der Waals surface area contributed by atoms with Crippen molar-refractivity contribution in [1.82, 2.24) is 24.9 Å². The first-order valence-corrected chi connectivity index (χ1v) is 9.71. The minimum atomic E-state index is 0.0277. The maximum Gasteiger partial charge on any atom is 0.319 e. The molecular formula is C14H22N6O2S2. The standard InChI is InChI=1S/C14H22N6O2S2/c1-18(2)14(22)19-5-9-3-4-10(7-19)20(6-9)11(21)8-23-13-17-16-12(15)24-13/h9-10H,3-8H2,1-2H3,(H2,15,16)/t9-,10+/m1/s1. The van der Waals surface area contributed by atoms with Crippen LogP contribution in [0.2, 0.25) is 0 Å². The lowest BCUT2D eigenvalue weighted by Gasteiger charge is -2.36. The molecular weight excluding hydrogens is 348 g/mol. The summed E-state index contributed by atoms with van der Waals surface area (Å²) in [4.78, 5) is 30.4. The Bertz CT molecular complexity index is 622. The topological polar surface area (TPSA) is 95.7 Å². The molecule has 0 unspecified atom stereocenters. The number of anilines is 1. The van der Waals surface area contributed by atoms with E-state index in [9.17, 15) is 9.59 Å². The number of nitrogens with two attached hydrogens (primary N) is 1. The maximum atomic E-state index is 12.6. The molecule has 0 aliphatic carbocycles. The summed E-state index contributed by atoms with van der Waals surface area (Å²) in [7, 11) is 3.53. The number of carbonyl (C=O) groups excluding carboxylic acids is 2. The van der Waals surface area contributed by atoms with E-state index in [2.05, 4.69) is 10.2 Å². The Morgan fingerprint density at radius 3 is 2.75 bits per heavy atom. The van der Waals surface area contributed by atoms with Gasteiger partial charge < -0.3 is 20.4 Å². The lowest BCUT2D eigenvalue weighted by Crippen LogP contribution is -2.49. The molecule has 1 aromatic rings. The summed E-state index contributed by atoms with van der Waals surface area (Å²) in [6.45, 7) is 2.09. The predicted octanol–water partition coefficient (Wildman–Crippen LogP) is 0.817. The van der Waals surface area contributed by atoms with Gasteiger partial charge in [0, 0.05) is 39.8 Å². The van der Waals surface area contributed by atoms with Crippen LogP contribution in [0.1, 0.15) is 12.8 Å². The second kappa shape index (κ2) is 7.14. The van der Waals surface area contributed by atoms with Gasteiger partial charge in [-0.25, -0.2) is 4.79 Å². The highest BCUT2D eigenvalue weighted by atomic mass is 32.2. The Labute approximate surface area is 149 Å². The van der Waals surface area contributed by atoms with Crippen molar-refractivity contribution in [3.05, 3.63) is 0 Å². The zero-order valence-corrected chi connectivity index (χ0v) is 15.5. The molecule has 2 bridgehead atoms. The SMILES string of the molecule is CN(C)C(=O)N1C[C@H]2CC[C@@H](C1)N(C(=O)CSc1nnc(N)s1)C2. The summed E-state index contributed by atoms with van der Waals surface area (Å²) < 4.78 is 0.713. The Morgan fingerprint density at radius 1 is 1.29 bits per heavy atom. The minimum Gasteiger partial charge on any atom is -0.374 e. The number of hydrogen-bond donors (Lipinski definition) is 1. The van der Waals surface area contributed by atoms with Crippen molar-refractivity contribution in [1.29, 1.82) is 0 Å². The number of nitrogen functional groups attached to an aromatic ring is 1. The number of urea groups is 1. The predicted molar refractivity (Wildman–Crippen MR) is 93.9 cm³/mol. The fraction of sp³-hybridized carbons (Fsp3) is 0.714. The molecule has 8 nitrogen and oxygen atoms in total. The van der Waals surface area contributed by atoms with Gasteiger partial charge in [0.1, 0.15) is 0 Å². The van der Waals surface area contributed by atoms with Gasteiger partial charge in [-0.1, -0.05) is 23.1 Å². The van der Waals surface area contributed by atoms with Crippen LogP contribution in [0.25, 0.3) is 0 Å². The third-order valence-electron chi connectivity index (χ3n) is 4.43. The summed E-state index contributed by atoms with van der Waals surface area (Å²) in [5.41, 5.74) is 5.56. The van der Waals surface area contributed by atoms with Gasteiger partial charge >= 0.3 is 6.03 Å². The van der Waals surface area contributed by atoms with Crippen LogP contribution in [-0.2, 0) is 4.79 Å². The first-order chi connectivity index (χ1) is 11.4. The van der Waals surface area contributed by atoms with Gasteiger partial charge in [0.2, 0.25) is 11.0 Å². The monoisotopic (exact) mass is 370 g/mol. The van der Waals surface area contributed by atoms with E-state index in [0.29, 0.717) is 27.7 Å². The van der Waals surface area contributed by atoms with E-state index in [4.69, 9.17) is 5.73 Å². The van der Waals surface area contributed by atoms with E-state index in [-0.39, 0.29) is 18.0 Å². The average Bonchev–Trinajstić information content (AvgIpc) is 2.77. The highest BCUT2D eigenvalue weighted by Gasteiger charge is 2.38. The maximum absolute atomic E-state index is 12.6. The highest BCUT2D eigenvalue weighted by molar-refractivity contribution is 8.01. The molecule has 1 aromatic heterocycles. The van der Waals surface area contributed by atoms with E-state index in [1.165, 1.54) is 23.1 Å². The highest BCUT2D eigenvalue weighted by Crippen LogP contribution is 2.30. The number of thioether (sulfide) groups is 1. The van der Waals surface area contributed by atoms with Crippen molar-refractivity contribution < 1.29 is 9.59 Å². The van der Waals surface area contributed by atoms with Crippen molar-refractivity contribution in [2.75, 3.05) is 45.2 Å². The summed E-state index contributed by atoms with van der Waals surface area (Å²) in [6.07, 6.45) is 2.04. The van der Waals surface area contributed by atoms with E-state index in [1.54, 1.807) is 19.0 Å². The van der Waals surface area contributed by atoms with Crippen LogP contribution >= 0.6 is 23.1 Å². The minimum absolute atomic E-state index is 0.0277. The van der Waals surface area contributed by atoms with Gasteiger partial charge in [0.15, 0.2) is 4.34 Å². The molecule has 0 radical (unpaired) electrons. The number of hydrogen-bond acceptors (Lipinski definition) is 7. The van der Waals surface area contributed by atoms with Gasteiger partial charge in [-0.15, -0.1) is 10.2 Å². The van der Waals surface area contributed by atoms with Crippen LogP contribution in [0.5, 0.6) is 0 Å². The lowest BCUT2D eigenvalue weighted by molar-refractivity contribution is -0.132. The molecule has 4 heterocycles. The molecule has 10 heteroatoms. The number of aromatic nitrogens is 2. The second-order valence-corrected chi connectivity index (χ2v) is 8.65. The van der Waals surface area contributed by atoms with Gasteiger partial charge in [0.05, 0.1) is 5.75 Å². The van der Waals surface area contributed by atoms with Gasteiger partial charge in [-0.05, 0) is 18.8 Å². The number of amides is 3. The van der Waals surface area contributed by atoms with Crippen molar-refractivity contribution in [2.24, 2.45) is 5.92 Å². The molecule has 3 saturated heterocycles. The fourth-order valence-electron chi connectivity index (χ4n) is 3.31. The average molecular weight is 371 g/mol. The lowest BCUT2D eigenvalue weighted by atomic mass is 9.95. The summed E-state index contributed by atoms with van der Waals surface area (Å²) in [5, 5.41) is 8.10. The third kappa shape index (κ3) is 3.75. The van der Waals surface area contributed by atoms with Crippen molar-refractivity contribution >= 4 is 40.2 Å². The van der Waals surface area contributed by atoms with E-state index in [1.807, 2.05) is 9.80 Å².